The van der Waals surface area contributed by atoms with E-state index in [-0.39, 0.29) is 11.7 Å². The van der Waals surface area contributed by atoms with E-state index in [0.717, 1.165) is 17.0 Å². The van der Waals surface area contributed by atoms with Crippen molar-refractivity contribution in [1.29, 1.82) is 0 Å². The van der Waals surface area contributed by atoms with Gasteiger partial charge < -0.3 is 14.2 Å². The van der Waals surface area contributed by atoms with Crippen molar-refractivity contribution in [3.8, 4) is 17.2 Å². The Kier molecular flexibility index (Phi) is 7.53. The molecule has 3 rings (SSSR count). The summed E-state index contributed by atoms with van der Waals surface area (Å²) >= 11 is 3.03. The Morgan fingerprint density at radius 2 is 1.73 bits per heavy atom. The number of halogens is 1. The van der Waals surface area contributed by atoms with Gasteiger partial charge in [0, 0.05) is 22.4 Å². The molecule has 0 aliphatic rings. The number of nitrogens with one attached hydrogen (secondary N) is 1. The largest absolute Gasteiger partial charge is 0.493 e. The maximum Gasteiger partial charge on any atom is 0.257 e. The van der Waals surface area contributed by atoms with Gasteiger partial charge in [0.15, 0.2) is 16.6 Å². The summed E-state index contributed by atoms with van der Waals surface area (Å²) in [4.78, 5) is 17.1. The molecular weight excluding hydrogens is 427 g/mol. The van der Waals surface area contributed by atoms with E-state index >= 15 is 0 Å². The highest BCUT2D eigenvalue weighted by atomic mass is 32.2. The van der Waals surface area contributed by atoms with Gasteiger partial charge in [0.05, 0.1) is 27.0 Å². The third-order valence-corrected chi connectivity index (χ3v) is 5.97. The Morgan fingerprint density at radius 3 is 2.33 bits per heavy atom. The van der Waals surface area contributed by atoms with Crippen molar-refractivity contribution in [3.05, 3.63) is 64.4 Å². The molecular formula is C21H21FN2O4S2. The van der Waals surface area contributed by atoms with Crippen LogP contribution in [0.15, 0.2) is 41.8 Å². The molecule has 3 aromatic rings. The molecule has 1 amide bonds. The van der Waals surface area contributed by atoms with Crippen LogP contribution in [0.3, 0.4) is 0 Å². The van der Waals surface area contributed by atoms with Gasteiger partial charge in [-0.25, -0.2) is 9.37 Å². The Hall–Kier alpha value is -2.78. The molecule has 0 aliphatic carbocycles. The molecule has 0 bridgehead atoms. The Balaban J connectivity index is 1.61. The van der Waals surface area contributed by atoms with Crippen LogP contribution in [0.1, 0.15) is 21.6 Å². The number of hydrogen-bond donors (Lipinski definition) is 1. The average Bonchev–Trinajstić information content (AvgIpc) is 3.21. The number of amides is 1. The van der Waals surface area contributed by atoms with E-state index in [4.69, 9.17) is 14.2 Å². The summed E-state index contributed by atoms with van der Waals surface area (Å²) in [6.45, 7) is 0. The molecule has 0 radical (unpaired) electrons. The van der Waals surface area contributed by atoms with Crippen LogP contribution in [0.5, 0.6) is 17.2 Å². The molecule has 0 atom stereocenters. The molecule has 1 N–H and O–H groups in total. The molecule has 158 valence electrons. The first-order chi connectivity index (χ1) is 14.5. The maximum atomic E-state index is 13.0. The number of rotatable bonds is 9. The number of carbonyl (C=O) groups excluding carboxylic acids is 1. The lowest BCUT2D eigenvalue weighted by atomic mass is 10.1. The third-order valence-electron chi connectivity index (χ3n) is 4.13. The topological polar surface area (TPSA) is 69.7 Å². The molecule has 0 fully saturated rings. The summed E-state index contributed by atoms with van der Waals surface area (Å²) in [5, 5.41) is 5.21. The first kappa shape index (κ1) is 21.9. The van der Waals surface area contributed by atoms with Crippen molar-refractivity contribution in [2.45, 2.75) is 11.5 Å². The number of benzene rings is 2. The minimum absolute atomic E-state index is 0.240. The smallest absolute Gasteiger partial charge is 0.257 e. The third kappa shape index (κ3) is 5.43. The van der Waals surface area contributed by atoms with Gasteiger partial charge in [0.2, 0.25) is 5.75 Å². The molecule has 0 spiro atoms. The van der Waals surface area contributed by atoms with Gasteiger partial charge in [-0.15, -0.1) is 11.3 Å². The number of ether oxygens (including phenoxy) is 3. The second-order valence-corrected chi connectivity index (χ2v) is 7.98. The van der Waals surface area contributed by atoms with Gasteiger partial charge in [-0.05, 0) is 29.8 Å². The van der Waals surface area contributed by atoms with E-state index in [2.05, 4.69) is 10.3 Å². The molecule has 2 aromatic carbocycles. The lowest BCUT2D eigenvalue weighted by Crippen LogP contribution is -2.12. The minimum Gasteiger partial charge on any atom is -0.493 e. The quantitative estimate of drug-likeness (QED) is 0.497. The molecule has 0 saturated carbocycles. The first-order valence-corrected chi connectivity index (χ1v) is 11.0. The Morgan fingerprint density at radius 1 is 1.07 bits per heavy atom. The van der Waals surface area contributed by atoms with Crippen LogP contribution < -0.4 is 19.5 Å². The SMILES string of the molecule is COc1cc(C(=O)Nc2nc(CSCc3ccc(F)cc3)cs2)cc(OC)c1OC. The average molecular weight is 449 g/mol. The Labute approximate surface area is 182 Å². The maximum absolute atomic E-state index is 13.0. The fourth-order valence-corrected chi connectivity index (χ4v) is 4.36. The van der Waals surface area contributed by atoms with E-state index in [1.54, 1.807) is 36.0 Å². The van der Waals surface area contributed by atoms with Gasteiger partial charge in [-0.2, -0.15) is 11.8 Å². The number of thiazole rings is 1. The lowest BCUT2D eigenvalue weighted by molar-refractivity contribution is 0.102. The Bertz CT molecular complexity index is 983. The van der Waals surface area contributed by atoms with Crippen LogP contribution in [0, 0.1) is 5.82 Å². The van der Waals surface area contributed by atoms with E-state index in [0.29, 0.717) is 33.7 Å². The summed E-state index contributed by atoms with van der Waals surface area (Å²) < 4.78 is 28.8. The molecule has 0 unspecified atom stereocenters. The first-order valence-electron chi connectivity index (χ1n) is 8.92. The summed E-state index contributed by atoms with van der Waals surface area (Å²) in [5.41, 5.74) is 2.28. The van der Waals surface area contributed by atoms with Crippen molar-refractivity contribution < 1.29 is 23.4 Å². The predicted molar refractivity (Wildman–Crippen MR) is 118 cm³/mol. The molecule has 1 heterocycles. The van der Waals surface area contributed by atoms with Crippen molar-refractivity contribution >= 4 is 34.1 Å². The van der Waals surface area contributed by atoms with E-state index in [9.17, 15) is 9.18 Å². The summed E-state index contributed by atoms with van der Waals surface area (Å²) in [6, 6.07) is 9.62. The zero-order valence-corrected chi connectivity index (χ0v) is 18.4. The number of methoxy groups -OCH3 is 3. The normalized spacial score (nSPS) is 10.5. The lowest BCUT2D eigenvalue weighted by Gasteiger charge is -2.13. The van der Waals surface area contributed by atoms with Crippen molar-refractivity contribution in [2.24, 2.45) is 0 Å². The van der Waals surface area contributed by atoms with Gasteiger partial charge in [-0.1, -0.05) is 12.1 Å². The molecule has 0 aliphatic heterocycles. The minimum atomic E-state index is -0.325. The standard InChI is InChI=1S/C21H21FN2O4S2/c1-26-17-8-14(9-18(27-2)19(17)28-3)20(25)24-21-23-16(12-30-21)11-29-10-13-4-6-15(22)7-5-13/h4-9,12H,10-11H2,1-3H3,(H,23,24,25). The van der Waals surface area contributed by atoms with E-state index < -0.39 is 0 Å². The van der Waals surface area contributed by atoms with E-state index in [1.165, 1.54) is 44.8 Å². The number of thioether (sulfide) groups is 1. The molecule has 0 saturated heterocycles. The second kappa shape index (κ2) is 10.3. The van der Waals surface area contributed by atoms with E-state index in [1.807, 2.05) is 5.38 Å². The number of hydrogen-bond acceptors (Lipinski definition) is 7. The van der Waals surface area contributed by atoms with Gasteiger partial charge in [-0.3, -0.25) is 10.1 Å². The zero-order valence-electron chi connectivity index (χ0n) is 16.7. The highest BCUT2D eigenvalue weighted by Gasteiger charge is 2.18. The predicted octanol–water partition coefficient (Wildman–Crippen LogP) is 4.99. The molecule has 1 aromatic heterocycles. The summed E-state index contributed by atoms with van der Waals surface area (Å²) in [6.07, 6.45) is 0. The van der Waals surface area contributed by atoms with Crippen molar-refractivity contribution in [1.82, 2.24) is 4.98 Å². The number of aromatic nitrogens is 1. The fourth-order valence-electron chi connectivity index (χ4n) is 2.67. The highest BCUT2D eigenvalue weighted by molar-refractivity contribution is 7.97. The molecule has 30 heavy (non-hydrogen) atoms. The van der Waals surface area contributed by atoms with Crippen molar-refractivity contribution in [3.63, 3.8) is 0 Å². The van der Waals surface area contributed by atoms with Gasteiger partial charge in [0.1, 0.15) is 5.82 Å². The monoisotopic (exact) mass is 448 g/mol. The van der Waals surface area contributed by atoms with Crippen LogP contribution in [0.4, 0.5) is 9.52 Å². The van der Waals surface area contributed by atoms with Crippen LogP contribution in [0.25, 0.3) is 0 Å². The summed E-state index contributed by atoms with van der Waals surface area (Å²) in [5.74, 6) is 2.10. The number of carbonyl (C=O) groups is 1. The second-order valence-electron chi connectivity index (χ2n) is 6.13. The molecule has 6 nitrogen and oxygen atoms in total. The zero-order chi connectivity index (χ0) is 21.5. The number of nitrogens with zero attached hydrogens (tertiary/aromatic N) is 1. The van der Waals surface area contributed by atoms with Crippen LogP contribution in [-0.4, -0.2) is 32.2 Å². The number of anilines is 1. The van der Waals surface area contributed by atoms with Crippen LogP contribution >= 0.6 is 23.1 Å². The summed E-state index contributed by atoms with van der Waals surface area (Å²) in [7, 11) is 4.50. The fraction of sp³-hybridized carbons (Fsp3) is 0.238. The van der Waals surface area contributed by atoms with Gasteiger partial charge >= 0.3 is 0 Å². The van der Waals surface area contributed by atoms with Crippen molar-refractivity contribution in [2.75, 3.05) is 26.6 Å². The van der Waals surface area contributed by atoms with Crippen LogP contribution in [-0.2, 0) is 11.5 Å². The molecule has 9 heteroatoms. The highest BCUT2D eigenvalue weighted by Crippen LogP contribution is 2.38. The van der Waals surface area contributed by atoms with Crippen LogP contribution in [0.2, 0.25) is 0 Å². The van der Waals surface area contributed by atoms with Gasteiger partial charge in [0.25, 0.3) is 5.91 Å².